The summed E-state index contributed by atoms with van der Waals surface area (Å²) in [6.45, 7) is 11.4. The quantitative estimate of drug-likeness (QED) is 0.863. The van der Waals surface area contributed by atoms with Crippen LogP contribution in [0.3, 0.4) is 0 Å². The lowest BCUT2D eigenvalue weighted by atomic mass is 9.97. The highest BCUT2D eigenvalue weighted by Gasteiger charge is 2.29. The largest absolute Gasteiger partial charge is 0.324 e. The summed E-state index contributed by atoms with van der Waals surface area (Å²) in [4.78, 5) is 16.8. The van der Waals surface area contributed by atoms with Gasteiger partial charge in [-0.2, -0.15) is 0 Å². The number of hydrogen-bond acceptors (Lipinski definition) is 2. The van der Waals surface area contributed by atoms with Crippen LogP contribution in [0.5, 0.6) is 0 Å². The van der Waals surface area contributed by atoms with Crippen molar-refractivity contribution in [3.8, 4) is 0 Å². The Labute approximate surface area is 123 Å². The molecule has 0 radical (unpaired) electrons. The fourth-order valence-electron chi connectivity index (χ4n) is 3.37. The van der Waals surface area contributed by atoms with E-state index in [0.29, 0.717) is 17.9 Å². The van der Waals surface area contributed by atoms with Crippen molar-refractivity contribution < 1.29 is 4.79 Å². The molecule has 0 saturated carbocycles. The zero-order chi connectivity index (χ0) is 14.5. The molecule has 2 aliphatic rings. The van der Waals surface area contributed by atoms with E-state index in [1.165, 1.54) is 19.3 Å². The molecule has 2 aliphatic heterocycles. The smallest absolute Gasteiger partial charge is 0.320 e. The standard InChI is InChI=1S/C16H31N3O/c1-13(2)17-10-15-7-5-9-19(12-15)16(20)18-8-4-6-14(3)11-18/h13-15,17H,4-12H2,1-3H3. The molecular weight excluding hydrogens is 250 g/mol. The summed E-state index contributed by atoms with van der Waals surface area (Å²) in [6.07, 6.45) is 4.84. The van der Waals surface area contributed by atoms with Crippen molar-refractivity contribution in [2.75, 3.05) is 32.7 Å². The molecule has 2 saturated heterocycles. The number of carbonyl (C=O) groups is 1. The Bertz CT molecular complexity index is 319. The number of amides is 2. The van der Waals surface area contributed by atoms with Gasteiger partial charge in [-0.1, -0.05) is 20.8 Å². The predicted octanol–water partition coefficient (Wildman–Crippen LogP) is 2.55. The van der Waals surface area contributed by atoms with Gasteiger partial charge in [0.1, 0.15) is 0 Å². The van der Waals surface area contributed by atoms with E-state index in [1.54, 1.807) is 0 Å². The SMILES string of the molecule is CC1CCCN(C(=O)N2CCCC(CNC(C)C)C2)C1. The van der Waals surface area contributed by atoms with E-state index in [4.69, 9.17) is 0 Å². The van der Waals surface area contributed by atoms with Crippen LogP contribution >= 0.6 is 0 Å². The summed E-state index contributed by atoms with van der Waals surface area (Å²) < 4.78 is 0. The van der Waals surface area contributed by atoms with Crippen LogP contribution in [0, 0.1) is 11.8 Å². The second-order valence-electron chi connectivity index (χ2n) is 6.99. The number of piperidine rings is 2. The monoisotopic (exact) mass is 281 g/mol. The first-order chi connectivity index (χ1) is 9.56. The second-order valence-corrected chi connectivity index (χ2v) is 6.99. The van der Waals surface area contributed by atoms with Crippen LogP contribution in [0.1, 0.15) is 46.5 Å². The Morgan fingerprint density at radius 1 is 1.15 bits per heavy atom. The second kappa shape index (κ2) is 7.30. The zero-order valence-corrected chi connectivity index (χ0v) is 13.4. The lowest BCUT2D eigenvalue weighted by molar-refractivity contribution is 0.111. The summed E-state index contributed by atoms with van der Waals surface area (Å²) in [7, 11) is 0. The lowest BCUT2D eigenvalue weighted by Crippen LogP contribution is -2.51. The molecule has 0 aromatic heterocycles. The van der Waals surface area contributed by atoms with E-state index >= 15 is 0 Å². The summed E-state index contributed by atoms with van der Waals surface area (Å²) in [5.74, 6) is 1.29. The number of carbonyl (C=O) groups excluding carboxylic acids is 1. The Balaban J connectivity index is 1.83. The average molecular weight is 281 g/mol. The highest BCUT2D eigenvalue weighted by Crippen LogP contribution is 2.21. The van der Waals surface area contributed by atoms with E-state index in [2.05, 4.69) is 35.9 Å². The molecule has 4 heteroatoms. The molecule has 0 aromatic carbocycles. The van der Waals surface area contributed by atoms with E-state index in [0.717, 1.165) is 39.1 Å². The minimum Gasteiger partial charge on any atom is -0.324 e. The highest BCUT2D eigenvalue weighted by molar-refractivity contribution is 5.74. The van der Waals surface area contributed by atoms with Gasteiger partial charge in [-0.3, -0.25) is 0 Å². The summed E-state index contributed by atoms with van der Waals surface area (Å²) in [6, 6.07) is 0.815. The number of rotatable bonds is 3. The number of likely N-dealkylation sites (tertiary alicyclic amines) is 2. The van der Waals surface area contributed by atoms with Crippen LogP contribution in [0.4, 0.5) is 4.79 Å². The Morgan fingerprint density at radius 2 is 1.80 bits per heavy atom. The van der Waals surface area contributed by atoms with Crippen LogP contribution in [0.2, 0.25) is 0 Å². The molecule has 2 rings (SSSR count). The Kier molecular flexibility index (Phi) is 5.70. The summed E-state index contributed by atoms with van der Waals surface area (Å²) in [5.41, 5.74) is 0. The molecule has 0 aliphatic carbocycles. The molecule has 4 nitrogen and oxygen atoms in total. The van der Waals surface area contributed by atoms with E-state index in [-0.39, 0.29) is 6.03 Å². The zero-order valence-electron chi connectivity index (χ0n) is 13.4. The van der Waals surface area contributed by atoms with Crippen LogP contribution in [0.15, 0.2) is 0 Å². The van der Waals surface area contributed by atoms with Gasteiger partial charge in [-0.05, 0) is 44.1 Å². The van der Waals surface area contributed by atoms with Crippen molar-refractivity contribution >= 4 is 6.03 Å². The first-order valence-electron chi connectivity index (χ1n) is 8.33. The van der Waals surface area contributed by atoms with Crippen LogP contribution < -0.4 is 5.32 Å². The third kappa shape index (κ3) is 4.37. The van der Waals surface area contributed by atoms with Crippen molar-refractivity contribution in [1.29, 1.82) is 0 Å². The van der Waals surface area contributed by atoms with Crippen LogP contribution in [0.25, 0.3) is 0 Å². The molecule has 2 fully saturated rings. The van der Waals surface area contributed by atoms with Gasteiger partial charge >= 0.3 is 6.03 Å². The first kappa shape index (κ1) is 15.6. The van der Waals surface area contributed by atoms with Crippen LogP contribution in [-0.4, -0.2) is 54.6 Å². The van der Waals surface area contributed by atoms with Gasteiger partial charge in [0.2, 0.25) is 0 Å². The number of nitrogens with one attached hydrogen (secondary N) is 1. The Morgan fingerprint density at radius 3 is 2.45 bits per heavy atom. The maximum atomic E-state index is 12.6. The summed E-state index contributed by atoms with van der Waals surface area (Å²) >= 11 is 0. The first-order valence-corrected chi connectivity index (χ1v) is 8.33. The molecule has 2 heterocycles. The van der Waals surface area contributed by atoms with Gasteiger partial charge in [-0.15, -0.1) is 0 Å². The van der Waals surface area contributed by atoms with Gasteiger partial charge in [0, 0.05) is 32.2 Å². The molecule has 20 heavy (non-hydrogen) atoms. The van der Waals surface area contributed by atoms with Crippen LogP contribution in [-0.2, 0) is 0 Å². The minimum atomic E-state index is 0.283. The molecule has 2 atom stereocenters. The van der Waals surface area contributed by atoms with Crippen molar-refractivity contribution in [3.05, 3.63) is 0 Å². The van der Waals surface area contributed by atoms with E-state index in [9.17, 15) is 4.79 Å². The lowest BCUT2D eigenvalue weighted by Gasteiger charge is -2.39. The molecule has 1 N–H and O–H groups in total. The summed E-state index contributed by atoms with van der Waals surface area (Å²) in [5, 5.41) is 3.51. The average Bonchev–Trinajstić information content (AvgIpc) is 2.44. The van der Waals surface area contributed by atoms with Crippen molar-refractivity contribution in [2.45, 2.75) is 52.5 Å². The molecule has 0 aromatic rings. The number of nitrogens with zero attached hydrogens (tertiary/aromatic N) is 2. The minimum absolute atomic E-state index is 0.283. The third-order valence-electron chi connectivity index (χ3n) is 4.53. The number of hydrogen-bond donors (Lipinski definition) is 1. The van der Waals surface area contributed by atoms with Crippen molar-refractivity contribution in [3.63, 3.8) is 0 Å². The van der Waals surface area contributed by atoms with Gasteiger partial charge in [0.25, 0.3) is 0 Å². The number of urea groups is 1. The molecule has 0 bridgehead atoms. The molecule has 2 amide bonds. The normalized spacial score (nSPS) is 28.0. The van der Waals surface area contributed by atoms with E-state index in [1.807, 2.05) is 0 Å². The third-order valence-corrected chi connectivity index (χ3v) is 4.53. The molecule has 2 unspecified atom stereocenters. The van der Waals surface area contributed by atoms with E-state index < -0.39 is 0 Å². The maximum absolute atomic E-state index is 12.6. The van der Waals surface area contributed by atoms with Crippen molar-refractivity contribution in [2.24, 2.45) is 11.8 Å². The molecule has 0 spiro atoms. The maximum Gasteiger partial charge on any atom is 0.320 e. The van der Waals surface area contributed by atoms with Gasteiger partial charge < -0.3 is 15.1 Å². The van der Waals surface area contributed by atoms with Gasteiger partial charge in [-0.25, -0.2) is 4.79 Å². The Hall–Kier alpha value is -0.770. The van der Waals surface area contributed by atoms with Crippen molar-refractivity contribution in [1.82, 2.24) is 15.1 Å². The fourth-order valence-corrected chi connectivity index (χ4v) is 3.37. The molecule has 116 valence electrons. The fraction of sp³-hybridized carbons (Fsp3) is 0.938. The molecular formula is C16H31N3O. The topological polar surface area (TPSA) is 35.6 Å². The predicted molar refractivity (Wildman–Crippen MR) is 82.8 cm³/mol. The van der Waals surface area contributed by atoms with Gasteiger partial charge in [0.15, 0.2) is 0 Å². The van der Waals surface area contributed by atoms with Gasteiger partial charge in [0.05, 0.1) is 0 Å². The highest BCUT2D eigenvalue weighted by atomic mass is 16.2.